The van der Waals surface area contributed by atoms with Crippen LogP contribution in [0.3, 0.4) is 0 Å². The van der Waals surface area contributed by atoms with Gasteiger partial charge in [0.2, 0.25) is 0 Å². The molecule has 0 radical (unpaired) electrons. The van der Waals surface area contributed by atoms with Crippen molar-refractivity contribution in [3.8, 4) is 5.69 Å². The van der Waals surface area contributed by atoms with E-state index in [4.69, 9.17) is 5.73 Å². The minimum Gasteiger partial charge on any atom is -0.463 e. The predicted octanol–water partition coefficient (Wildman–Crippen LogP) is 1.25. The first-order valence-corrected chi connectivity index (χ1v) is 6.20. The molecule has 2 N–H and O–H groups in total. The van der Waals surface area contributed by atoms with E-state index in [1.807, 2.05) is 12.1 Å². The molecule has 2 heterocycles. The molecule has 3 aromatic rings. The van der Waals surface area contributed by atoms with Gasteiger partial charge in [0.1, 0.15) is 11.8 Å². The van der Waals surface area contributed by atoms with E-state index in [9.17, 15) is 4.79 Å². The Kier molecular flexibility index (Phi) is 2.64. The monoisotopic (exact) mass is 275 g/mol. The number of hydrogen-bond donors (Lipinski definition) is 1. The highest BCUT2D eigenvalue weighted by atomic mass is 32.1. The van der Waals surface area contributed by atoms with E-state index in [0.717, 1.165) is 10.2 Å². The van der Waals surface area contributed by atoms with Gasteiger partial charge in [-0.3, -0.25) is 0 Å². The number of nitrogens with zero attached hydrogens (tertiary/aromatic N) is 4. The van der Waals surface area contributed by atoms with Crippen LogP contribution in [0.2, 0.25) is 0 Å². The SMILES string of the molecule is COC(=O)c1ncn(-c2ccc3scnc3c2N)n1. The highest BCUT2D eigenvalue weighted by molar-refractivity contribution is 7.16. The lowest BCUT2D eigenvalue weighted by Gasteiger charge is -2.04. The van der Waals surface area contributed by atoms with E-state index in [0.29, 0.717) is 11.4 Å². The predicted molar refractivity (Wildman–Crippen MR) is 70.3 cm³/mol. The molecular formula is C11H9N5O2S. The lowest BCUT2D eigenvalue weighted by atomic mass is 10.2. The summed E-state index contributed by atoms with van der Waals surface area (Å²) in [4.78, 5) is 19.4. The van der Waals surface area contributed by atoms with Gasteiger partial charge in [0.25, 0.3) is 5.82 Å². The molecule has 7 nitrogen and oxygen atoms in total. The molecule has 0 saturated carbocycles. The first-order valence-electron chi connectivity index (χ1n) is 5.32. The van der Waals surface area contributed by atoms with Gasteiger partial charge in [0.05, 0.1) is 28.7 Å². The molecule has 96 valence electrons. The average molecular weight is 275 g/mol. The van der Waals surface area contributed by atoms with Crippen LogP contribution in [0, 0.1) is 0 Å². The molecule has 0 bridgehead atoms. The molecule has 0 atom stereocenters. The van der Waals surface area contributed by atoms with E-state index in [1.54, 1.807) is 5.51 Å². The number of aromatic nitrogens is 4. The Labute approximate surface area is 111 Å². The van der Waals surface area contributed by atoms with Crippen LogP contribution in [0.1, 0.15) is 10.6 Å². The molecule has 0 aliphatic rings. The molecule has 1 aromatic carbocycles. The highest BCUT2D eigenvalue weighted by Gasteiger charge is 2.14. The molecule has 2 aromatic heterocycles. The Morgan fingerprint density at radius 1 is 1.42 bits per heavy atom. The van der Waals surface area contributed by atoms with Crippen molar-refractivity contribution < 1.29 is 9.53 Å². The molecule has 0 aliphatic heterocycles. The molecule has 0 amide bonds. The third kappa shape index (κ3) is 1.82. The first-order chi connectivity index (χ1) is 9.20. The fourth-order valence-electron chi connectivity index (χ4n) is 1.71. The van der Waals surface area contributed by atoms with Crippen molar-refractivity contribution in [2.24, 2.45) is 0 Å². The average Bonchev–Trinajstić information content (AvgIpc) is 3.07. The van der Waals surface area contributed by atoms with Crippen LogP contribution >= 0.6 is 11.3 Å². The summed E-state index contributed by atoms with van der Waals surface area (Å²) in [5, 5.41) is 4.03. The Morgan fingerprint density at radius 2 is 2.26 bits per heavy atom. The fourth-order valence-corrected chi connectivity index (χ4v) is 2.40. The van der Waals surface area contributed by atoms with Crippen LogP contribution in [-0.2, 0) is 4.74 Å². The number of ether oxygens (including phenoxy) is 1. The van der Waals surface area contributed by atoms with Gasteiger partial charge >= 0.3 is 5.97 Å². The molecule has 0 saturated heterocycles. The Morgan fingerprint density at radius 3 is 3.05 bits per heavy atom. The van der Waals surface area contributed by atoms with Crippen LogP contribution < -0.4 is 5.73 Å². The van der Waals surface area contributed by atoms with Gasteiger partial charge in [0, 0.05) is 0 Å². The number of fused-ring (bicyclic) bond motifs is 1. The molecule has 0 fully saturated rings. The smallest absolute Gasteiger partial charge is 0.377 e. The molecule has 8 heteroatoms. The molecule has 3 rings (SSSR count). The van der Waals surface area contributed by atoms with Crippen molar-refractivity contribution in [1.82, 2.24) is 19.7 Å². The fraction of sp³-hybridized carbons (Fsp3) is 0.0909. The largest absolute Gasteiger partial charge is 0.463 e. The minimum atomic E-state index is -0.591. The number of carbonyl (C=O) groups excluding carboxylic acids is 1. The Bertz CT molecular complexity index is 763. The lowest BCUT2D eigenvalue weighted by molar-refractivity contribution is 0.0587. The zero-order valence-electron chi connectivity index (χ0n) is 9.90. The number of thiazole rings is 1. The highest BCUT2D eigenvalue weighted by Crippen LogP contribution is 2.28. The number of hydrogen-bond acceptors (Lipinski definition) is 7. The number of nitrogens with two attached hydrogens (primary N) is 1. The maximum Gasteiger partial charge on any atom is 0.377 e. The van der Waals surface area contributed by atoms with Crippen molar-refractivity contribution in [2.75, 3.05) is 12.8 Å². The number of esters is 1. The summed E-state index contributed by atoms with van der Waals surface area (Å²) < 4.78 is 6.98. The van der Waals surface area contributed by atoms with Gasteiger partial charge < -0.3 is 10.5 Å². The van der Waals surface area contributed by atoms with E-state index in [-0.39, 0.29) is 5.82 Å². The van der Waals surface area contributed by atoms with E-state index >= 15 is 0 Å². The zero-order chi connectivity index (χ0) is 13.4. The van der Waals surface area contributed by atoms with Gasteiger partial charge in [0.15, 0.2) is 0 Å². The van der Waals surface area contributed by atoms with Gasteiger partial charge in [-0.2, -0.15) is 0 Å². The van der Waals surface area contributed by atoms with E-state index < -0.39 is 5.97 Å². The third-order valence-electron chi connectivity index (χ3n) is 2.63. The van der Waals surface area contributed by atoms with Crippen LogP contribution in [0.5, 0.6) is 0 Å². The van der Waals surface area contributed by atoms with E-state index in [1.165, 1.54) is 29.5 Å². The number of carbonyl (C=O) groups is 1. The summed E-state index contributed by atoms with van der Waals surface area (Å²) in [5.74, 6) is -0.604. The zero-order valence-corrected chi connectivity index (χ0v) is 10.7. The summed E-state index contributed by atoms with van der Waals surface area (Å²) in [5.41, 5.74) is 9.63. The van der Waals surface area contributed by atoms with Crippen LogP contribution in [-0.4, -0.2) is 32.8 Å². The van der Waals surface area contributed by atoms with Gasteiger partial charge in [-0.15, -0.1) is 16.4 Å². The minimum absolute atomic E-state index is 0.0136. The Hall–Kier alpha value is -2.48. The molecule has 0 spiro atoms. The lowest BCUT2D eigenvalue weighted by Crippen LogP contribution is -2.06. The number of nitrogen functional groups attached to an aromatic ring is 1. The second-order valence-corrected chi connectivity index (χ2v) is 4.59. The summed E-state index contributed by atoms with van der Waals surface area (Å²) >= 11 is 1.51. The number of anilines is 1. The Balaban J connectivity index is 2.11. The standard InChI is InChI=1S/C11H9N5O2S/c1-18-11(17)10-13-4-16(15-10)6-2-3-7-9(8(6)12)14-5-19-7/h2-5H,12H2,1H3. The first kappa shape index (κ1) is 11.6. The second-order valence-electron chi connectivity index (χ2n) is 3.70. The number of benzene rings is 1. The quantitative estimate of drug-likeness (QED) is 0.558. The summed E-state index contributed by atoms with van der Waals surface area (Å²) in [6.45, 7) is 0. The molecular weight excluding hydrogens is 266 g/mol. The number of rotatable bonds is 2. The van der Waals surface area contributed by atoms with Crippen LogP contribution in [0.15, 0.2) is 24.0 Å². The topological polar surface area (TPSA) is 95.9 Å². The summed E-state index contributed by atoms with van der Waals surface area (Å²) in [7, 11) is 1.28. The van der Waals surface area contributed by atoms with Gasteiger partial charge in [-0.05, 0) is 12.1 Å². The summed E-state index contributed by atoms with van der Waals surface area (Å²) in [6, 6.07) is 3.71. The number of methoxy groups -OCH3 is 1. The molecule has 0 unspecified atom stereocenters. The van der Waals surface area contributed by atoms with Crippen molar-refractivity contribution in [3.63, 3.8) is 0 Å². The van der Waals surface area contributed by atoms with Gasteiger partial charge in [-0.1, -0.05) is 0 Å². The third-order valence-corrected chi connectivity index (χ3v) is 3.42. The van der Waals surface area contributed by atoms with Crippen LogP contribution in [0.25, 0.3) is 15.9 Å². The normalized spacial score (nSPS) is 10.8. The second kappa shape index (κ2) is 4.32. The van der Waals surface area contributed by atoms with Crippen molar-refractivity contribution in [3.05, 3.63) is 29.8 Å². The van der Waals surface area contributed by atoms with E-state index in [2.05, 4.69) is 19.8 Å². The maximum atomic E-state index is 11.3. The van der Waals surface area contributed by atoms with Crippen molar-refractivity contribution in [1.29, 1.82) is 0 Å². The van der Waals surface area contributed by atoms with Crippen LogP contribution in [0.4, 0.5) is 5.69 Å². The van der Waals surface area contributed by atoms with Crippen molar-refractivity contribution in [2.45, 2.75) is 0 Å². The van der Waals surface area contributed by atoms with Crippen molar-refractivity contribution >= 4 is 33.2 Å². The molecule has 0 aliphatic carbocycles. The van der Waals surface area contributed by atoms with Gasteiger partial charge in [-0.25, -0.2) is 19.4 Å². The summed E-state index contributed by atoms with van der Waals surface area (Å²) in [6.07, 6.45) is 1.41. The maximum absolute atomic E-state index is 11.3. The molecule has 19 heavy (non-hydrogen) atoms.